The van der Waals surface area contributed by atoms with E-state index in [1.165, 1.54) is 12.1 Å². The molecule has 1 fully saturated rings. The van der Waals surface area contributed by atoms with Crippen molar-refractivity contribution in [2.75, 3.05) is 34.3 Å². The molecule has 0 bridgehead atoms. The molecule has 2 heterocycles. The zero-order valence-electron chi connectivity index (χ0n) is 26.4. The van der Waals surface area contributed by atoms with Gasteiger partial charge < -0.3 is 24.7 Å². The number of aromatic nitrogens is 1. The molecule has 5 aromatic rings. The number of benzene rings is 3. The first-order chi connectivity index (χ1) is 22.2. The van der Waals surface area contributed by atoms with Crippen molar-refractivity contribution in [3.8, 4) is 28.2 Å². The molecule has 1 saturated carbocycles. The van der Waals surface area contributed by atoms with Gasteiger partial charge in [-0.25, -0.2) is 4.39 Å². The van der Waals surface area contributed by atoms with Gasteiger partial charge in [0.1, 0.15) is 22.9 Å². The number of carbonyl (C=O) groups is 2. The van der Waals surface area contributed by atoms with Crippen LogP contribution in [0, 0.1) is 12.7 Å². The molecule has 1 aliphatic rings. The van der Waals surface area contributed by atoms with Crippen molar-refractivity contribution in [2.45, 2.75) is 31.7 Å². The minimum absolute atomic E-state index is 0.235. The van der Waals surface area contributed by atoms with Crippen LogP contribution < -0.4 is 15.4 Å². The number of amides is 2. The van der Waals surface area contributed by atoms with E-state index in [1.807, 2.05) is 69.6 Å². The third-order valence-electron chi connectivity index (χ3n) is 8.40. The van der Waals surface area contributed by atoms with Gasteiger partial charge in [0.2, 0.25) is 0 Å². The van der Waals surface area contributed by atoms with Crippen LogP contribution in [-0.4, -0.2) is 56.0 Å². The highest BCUT2D eigenvalue weighted by atomic mass is 19.1. The Balaban J connectivity index is 1.41. The van der Waals surface area contributed by atoms with Crippen molar-refractivity contribution in [3.05, 3.63) is 107 Å². The van der Waals surface area contributed by atoms with Gasteiger partial charge in [0.05, 0.1) is 29.0 Å². The topological polar surface area (TPSA) is 96.7 Å². The molecule has 8 nitrogen and oxygen atoms in total. The maximum Gasteiger partial charge on any atom is 0.255 e. The number of nitrogens with one attached hydrogen (secondary N) is 2. The molecular weight excluding hydrogens is 583 g/mol. The number of nitrogens with zero attached hydrogens (tertiary/aromatic N) is 2. The molecule has 2 aromatic heterocycles. The Kier molecular flexibility index (Phi) is 8.60. The molecule has 6 rings (SSSR count). The molecular formula is C37H37FN4O4. The predicted octanol–water partition coefficient (Wildman–Crippen LogP) is 6.72. The molecule has 3 aromatic carbocycles. The van der Waals surface area contributed by atoms with Gasteiger partial charge in [-0.15, -0.1) is 0 Å². The number of aryl methyl sites for hydroxylation is 1. The van der Waals surface area contributed by atoms with Gasteiger partial charge in [-0.05, 0) is 118 Å². The van der Waals surface area contributed by atoms with Crippen molar-refractivity contribution >= 4 is 22.8 Å². The number of hydrogen-bond donors (Lipinski definition) is 2. The zero-order valence-corrected chi connectivity index (χ0v) is 26.4. The van der Waals surface area contributed by atoms with Gasteiger partial charge in [0.25, 0.3) is 11.8 Å². The summed E-state index contributed by atoms with van der Waals surface area (Å²) in [4.78, 5) is 33.7. The Morgan fingerprint density at radius 1 is 1.00 bits per heavy atom. The highest BCUT2D eigenvalue weighted by molar-refractivity contribution is 6.12. The summed E-state index contributed by atoms with van der Waals surface area (Å²) in [6.07, 6.45) is 4.17. The highest BCUT2D eigenvalue weighted by Crippen LogP contribution is 2.45. The van der Waals surface area contributed by atoms with E-state index in [-0.39, 0.29) is 17.6 Å². The molecule has 9 heteroatoms. The standard InChI is InChI=1S/C37H37FN4O4/c1-23-20-31(45-19-7-18-42(3)4)29(35(43)41-37(15-16-37)32-8-5-6-17-40-32)22-27(23)25-11-14-30-28(21-25)33(36(44)39-2)34(46-30)24-9-12-26(38)13-10-24/h5-6,8-14,17,20-22H,7,15-16,18-19H2,1-4H3,(H,39,44)(H,41,43). The number of ether oxygens (including phenoxy) is 1. The Bertz CT molecular complexity index is 1900. The van der Waals surface area contributed by atoms with Crippen LogP contribution >= 0.6 is 0 Å². The van der Waals surface area contributed by atoms with Gasteiger partial charge in [-0.2, -0.15) is 0 Å². The summed E-state index contributed by atoms with van der Waals surface area (Å²) in [7, 11) is 5.59. The molecule has 0 spiro atoms. The van der Waals surface area contributed by atoms with E-state index in [4.69, 9.17) is 9.15 Å². The molecule has 2 amide bonds. The van der Waals surface area contributed by atoms with E-state index >= 15 is 0 Å². The fraction of sp³-hybridized carbons (Fsp3) is 0.270. The van der Waals surface area contributed by atoms with Gasteiger partial charge in [0.15, 0.2) is 0 Å². The lowest BCUT2D eigenvalue weighted by molar-refractivity contribution is 0.0923. The Hall–Kier alpha value is -5.02. The second-order valence-corrected chi connectivity index (χ2v) is 12.0. The number of carbonyl (C=O) groups excluding carboxylic acids is 2. The van der Waals surface area contributed by atoms with E-state index in [9.17, 15) is 14.0 Å². The minimum atomic E-state index is -0.500. The van der Waals surface area contributed by atoms with Crippen molar-refractivity contribution in [2.24, 2.45) is 0 Å². The largest absolute Gasteiger partial charge is 0.493 e. The first-order valence-corrected chi connectivity index (χ1v) is 15.4. The summed E-state index contributed by atoms with van der Waals surface area (Å²) in [6, 6.07) is 21.0. The zero-order chi connectivity index (χ0) is 32.4. The summed E-state index contributed by atoms with van der Waals surface area (Å²) >= 11 is 0. The monoisotopic (exact) mass is 620 g/mol. The minimum Gasteiger partial charge on any atom is -0.493 e. The molecule has 0 radical (unpaired) electrons. The first-order valence-electron chi connectivity index (χ1n) is 15.4. The SMILES string of the molecule is CNC(=O)c1c(-c2ccc(F)cc2)oc2ccc(-c3cc(C(=O)NC4(c5ccccn5)CC4)c(OCCCN(C)C)cc3C)cc12. The van der Waals surface area contributed by atoms with Crippen molar-refractivity contribution in [1.29, 1.82) is 0 Å². The van der Waals surface area contributed by atoms with Crippen LogP contribution in [0.15, 0.2) is 83.4 Å². The number of fused-ring (bicyclic) bond motifs is 1. The summed E-state index contributed by atoms with van der Waals surface area (Å²) in [6.45, 7) is 3.30. The van der Waals surface area contributed by atoms with Crippen LogP contribution in [-0.2, 0) is 5.54 Å². The van der Waals surface area contributed by atoms with E-state index in [0.29, 0.717) is 45.8 Å². The van der Waals surface area contributed by atoms with Gasteiger partial charge in [0, 0.05) is 30.7 Å². The van der Waals surface area contributed by atoms with E-state index in [1.54, 1.807) is 25.4 Å². The Morgan fingerprint density at radius 2 is 1.76 bits per heavy atom. The highest BCUT2D eigenvalue weighted by Gasteiger charge is 2.47. The second-order valence-electron chi connectivity index (χ2n) is 12.0. The number of furan rings is 1. The number of pyridine rings is 1. The van der Waals surface area contributed by atoms with Crippen molar-refractivity contribution in [1.82, 2.24) is 20.5 Å². The maximum absolute atomic E-state index is 14.0. The summed E-state index contributed by atoms with van der Waals surface area (Å²) in [5.41, 5.74) is 4.77. The van der Waals surface area contributed by atoms with Crippen molar-refractivity contribution < 1.29 is 23.1 Å². The molecule has 1 aliphatic carbocycles. The quantitative estimate of drug-likeness (QED) is 0.159. The van der Waals surface area contributed by atoms with Crippen LogP contribution in [0.5, 0.6) is 5.75 Å². The molecule has 46 heavy (non-hydrogen) atoms. The van der Waals surface area contributed by atoms with Crippen LogP contribution in [0.2, 0.25) is 0 Å². The predicted molar refractivity (Wildman–Crippen MR) is 176 cm³/mol. The maximum atomic E-state index is 14.0. The lowest BCUT2D eigenvalue weighted by Crippen LogP contribution is -2.35. The van der Waals surface area contributed by atoms with E-state index < -0.39 is 5.54 Å². The summed E-state index contributed by atoms with van der Waals surface area (Å²) in [5, 5.41) is 6.56. The summed E-state index contributed by atoms with van der Waals surface area (Å²) < 4.78 is 26.0. The van der Waals surface area contributed by atoms with E-state index in [0.717, 1.165) is 48.2 Å². The molecule has 0 atom stereocenters. The van der Waals surface area contributed by atoms with Crippen LogP contribution in [0.3, 0.4) is 0 Å². The Morgan fingerprint density at radius 3 is 2.43 bits per heavy atom. The molecule has 2 N–H and O–H groups in total. The van der Waals surface area contributed by atoms with Gasteiger partial charge in [-0.3, -0.25) is 14.6 Å². The molecule has 0 saturated heterocycles. The lowest BCUT2D eigenvalue weighted by atomic mass is 9.94. The van der Waals surface area contributed by atoms with Crippen molar-refractivity contribution in [3.63, 3.8) is 0 Å². The average molecular weight is 621 g/mol. The molecule has 236 valence electrons. The first kappa shape index (κ1) is 31.0. The smallest absolute Gasteiger partial charge is 0.255 e. The fourth-order valence-corrected chi connectivity index (χ4v) is 5.77. The normalized spacial score (nSPS) is 13.5. The Labute approximate surface area is 267 Å². The summed E-state index contributed by atoms with van der Waals surface area (Å²) in [5.74, 6) is -0.0621. The molecule has 0 unspecified atom stereocenters. The van der Waals surface area contributed by atoms with Gasteiger partial charge in [-0.1, -0.05) is 12.1 Å². The number of halogens is 1. The third-order valence-corrected chi connectivity index (χ3v) is 8.40. The third kappa shape index (κ3) is 6.23. The molecule has 0 aliphatic heterocycles. The average Bonchev–Trinajstić information content (AvgIpc) is 3.74. The van der Waals surface area contributed by atoms with Crippen LogP contribution in [0.4, 0.5) is 4.39 Å². The second kappa shape index (κ2) is 12.8. The van der Waals surface area contributed by atoms with Crippen LogP contribution in [0.1, 0.15) is 51.2 Å². The lowest BCUT2D eigenvalue weighted by Gasteiger charge is -2.20. The number of rotatable bonds is 11. The van der Waals surface area contributed by atoms with Gasteiger partial charge >= 0.3 is 0 Å². The number of hydrogen-bond acceptors (Lipinski definition) is 6. The van der Waals surface area contributed by atoms with E-state index in [2.05, 4.69) is 20.5 Å². The fourth-order valence-electron chi connectivity index (χ4n) is 5.77. The van der Waals surface area contributed by atoms with Crippen LogP contribution in [0.25, 0.3) is 33.4 Å².